The molecule has 1 amide bonds. The number of benzene rings is 1. The molecule has 0 aliphatic heterocycles. The average Bonchev–Trinajstić information content (AvgIpc) is 2.41. The van der Waals surface area contributed by atoms with Crippen LogP contribution in [0.5, 0.6) is 5.75 Å². The Balaban J connectivity index is 1.98. The van der Waals surface area contributed by atoms with Gasteiger partial charge in [0.2, 0.25) is 5.91 Å². The summed E-state index contributed by atoms with van der Waals surface area (Å²) < 4.78 is 5.53. The highest BCUT2D eigenvalue weighted by molar-refractivity contribution is 5.75. The average molecular weight is 264 g/mol. The number of rotatable bonds is 9. The highest BCUT2D eigenvalue weighted by atomic mass is 16.5. The van der Waals surface area contributed by atoms with E-state index >= 15 is 0 Å². The largest absolute Gasteiger partial charge is 0.494 e. The van der Waals surface area contributed by atoms with Crippen molar-refractivity contribution in [1.29, 1.82) is 0 Å². The minimum Gasteiger partial charge on any atom is -0.494 e. The molecule has 0 aliphatic carbocycles. The van der Waals surface area contributed by atoms with E-state index in [1.54, 1.807) is 0 Å². The van der Waals surface area contributed by atoms with E-state index < -0.39 is 0 Å². The van der Waals surface area contributed by atoms with Crippen LogP contribution in [0.25, 0.3) is 0 Å². The fourth-order valence-corrected chi connectivity index (χ4v) is 1.65. The van der Waals surface area contributed by atoms with E-state index in [2.05, 4.69) is 10.2 Å². The SMILES string of the molecule is CN(C)CCCNC(=O)CCCOc1ccccc1. The van der Waals surface area contributed by atoms with Gasteiger partial charge in [-0.05, 0) is 45.6 Å². The van der Waals surface area contributed by atoms with E-state index in [0.29, 0.717) is 13.0 Å². The van der Waals surface area contributed by atoms with Crippen LogP contribution < -0.4 is 10.1 Å². The van der Waals surface area contributed by atoms with Gasteiger partial charge in [-0.1, -0.05) is 18.2 Å². The summed E-state index contributed by atoms with van der Waals surface area (Å²) >= 11 is 0. The van der Waals surface area contributed by atoms with Gasteiger partial charge >= 0.3 is 0 Å². The standard InChI is InChI=1S/C15H24N2O2/c1-17(2)12-7-11-16-15(18)10-6-13-19-14-8-4-3-5-9-14/h3-5,8-9H,6-7,10-13H2,1-2H3,(H,16,18). The second-order valence-corrected chi connectivity index (χ2v) is 4.77. The molecule has 4 nitrogen and oxygen atoms in total. The molecule has 0 atom stereocenters. The van der Waals surface area contributed by atoms with Crippen LogP contribution in [0.2, 0.25) is 0 Å². The number of nitrogens with one attached hydrogen (secondary N) is 1. The molecule has 106 valence electrons. The van der Waals surface area contributed by atoms with Gasteiger partial charge in [0.15, 0.2) is 0 Å². The molecule has 0 unspecified atom stereocenters. The smallest absolute Gasteiger partial charge is 0.220 e. The summed E-state index contributed by atoms with van der Waals surface area (Å²) in [6.45, 7) is 2.32. The highest BCUT2D eigenvalue weighted by Crippen LogP contribution is 2.08. The molecule has 1 aromatic carbocycles. The van der Waals surface area contributed by atoms with E-state index in [1.165, 1.54) is 0 Å². The molecule has 1 rings (SSSR count). The topological polar surface area (TPSA) is 41.6 Å². The lowest BCUT2D eigenvalue weighted by Gasteiger charge is -2.10. The molecule has 0 aliphatic rings. The van der Waals surface area contributed by atoms with Crippen LogP contribution >= 0.6 is 0 Å². The Morgan fingerprint density at radius 1 is 1.21 bits per heavy atom. The number of amides is 1. The number of para-hydroxylation sites is 1. The van der Waals surface area contributed by atoms with Crippen molar-refractivity contribution in [2.24, 2.45) is 0 Å². The Morgan fingerprint density at radius 3 is 2.63 bits per heavy atom. The lowest BCUT2D eigenvalue weighted by molar-refractivity contribution is -0.121. The fourth-order valence-electron chi connectivity index (χ4n) is 1.65. The summed E-state index contributed by atoms with van der Waals surface area (Å²) in [6, 6.07) is 9.66. The molecular formula is C15H24N2O2. The first-order chi connectivity index (χ1) is 9.18. The van der Waals surface area contributed by atoms with E-state index in [1.807, 2.05) is 44.4 Å². The van der Waals surface area contributed by atoms with Gasteiger partial charge in [0, 0.05) is 13.0 Å². The van der Waals surface area contributed by atoms with Crippen molar-refractivity contribution in [3.63, 3.8) is 0 Å². The maximum Gasteiger partial charge on any atom is 0.220 e. The van der Waals surface area contributed by atoms with Crippen LogP contribution in [0.3, 0.4) is 0 Å². The monoisotopic (exact) mass is 264 g/mol. The Bertz CT molecular complexity index is 352. The zero-order valence-corrected chi connectivity index (χ0v) is 11.9. The predicted molar refractivity (Wildman–Crippen MR) is 77.4 cm³/mol. The Hall–Kier alpha value is -1.55. The van der Waals surface area contributed by atoms with Crippen molar-refractivity contribution < 1.29 is 9.53 Å². The van der Waals surface area contributed by atoms with Crippen LogP contribution in [-0.4, -0.2) is 44.6 Å². The maximum atomic E-state index is 11.5. The van der Waals surface area contributed by atoms with Gasteiger partial charge in [-0.25, -0.2) is 0 Å². The van der Waals surface area contributed by atoms with Gasteiger partial charge in [-0.2, -0.15) is 0 Å². The van der Waals surface area contributed by atoms with Gasteiger partial charge in [0.05, 0.1) is 6.61 Å². The molecular weight excluding hydrogens is 240 g/mol. The zero-order valence-electron chi connectivity index (χ0n) is 11.9. The van der Waals surface area contributed by atoms with Gasteiger partial charge in [-0.3, -0.25) is 4.79 Å². The molecule has 0 spiro atoms. The van der Waals surface area contributed by atoms with Crippen molar-refractivity contribution in [2.45, 2.75) is 19.3 Å². The van der Waals surface area contributed by atoms with E-state index in [0.717, 1.165) is 31.7 Å². The third kappa shape index (κ3) is 8.21. The van der Waals surface area contributed by atoms with Gasteiger partial charge < -0.3 is 15.0 Å². The third-order valence-corrected chi connectivity index (χ3v) is 2.66. The molecule has 0 bridgehead atoms. The van der Waals surface area contributed by atoms with Gasteiger partial charge in [0.25, 0.3) is 0 Å². The predicted octanol–water partition coefficient (Wildman–Crippen LogP) is 1.91. The quantitative estimate of drug-likeness (QED) is 0.693. The Morgan fingerprint density at radius 2 is 1.95 bits per heavy atom. The molecule has 0 aromatic heterocycles. The number of hydrogen-bond donors (Lipinski definition) is 1. The Kier molecular flexibility index (Phi) is 7.66. The maximum absolute atomic E-state index is 11.5. The van der Waals surface area contributed by atoms with Crippen LogP contribution in [0, 0.1) is 0 Å². The highest BCUT2D eigenvalue weighted by Gasteiger charge is 2.01. The van der Waals surface area contributed by atoms with Crippen molar-refractivity contribution in [2.75, 3.05) is 33.8 Å². The number of hydrogen-bond acceptors (Lipinski definition) is 3. The molecule has 0 saturated carbocycles. The first-order valence-electron chi connectivity index (χ1n) is 6.78. The van der Waals surface area contributed by atoms with E-state index in [4.69, 9.17) is 4.74 Å². The molecule has 0 radical (unpaired) electrons. The van der Waals surface area contributed by atoms with Crippen LogP contribution in [0.15, 0.2) is 30.3 Å². The molecule has 1 N–H and O–H groups in total. The van der Waals surface area contributed by atoms with Crippen molar-refractivity contribution in [1.82, 2.24) is 10.2 Å². The van der Waals surface area contributed by atoms with Crippen LogP contribution in [-0.2, 0) is 4.79 Å². The summed E-state index contributed by atoms with van der Waals surface area (Å²) in [5, 5.41) is 2.92. The first-order valence-corrected chi connectivity index (χ1v) is 6.78. The molecule has 0 fully saturated rings. The number of carbonyl (C=O) groups excluding carboxylic acids is 1. The minimum absolute atomic E-state index is 0.107. The van der Waals surface area contributed by atoms with E-state index in [9.17, 15) is 4.79 Å². The lowest BCUT2D eigenvalue weighted by Crippen LogP contribution is -2.27. The van der Waals surface area contributed by atoms with Gasteiger partial charge in [-0.15, -0.1) is 0 Å². The van der Waals surface area contributed by atoms with Crippen molar-refractivity contribution in [3.8, 4) is 5.75 Å². The zero-order chi connectivity index (χ0) is 13.9. The van der Waals surface area contributed by atoms with E-state index in [-0.39, 0.29) is 5.91 Å². The molecule has 19 heavy (non-hydrogen) atoms. The van der Waals surface area contributed by atoms with Gasteiger partial charge in [0.1, 0.15) is 5.75 Å². The minimum atomic E-state index is 0.107. The third-order valence-electron chi connectivity index (χ3n) is 2.66. The normalized spacial score (nSPS) is 10.5. The molecule has 0 heterocycles. The van der Waals surface area contributed by atoms with Crippen LogP contribution in [0.4, 0.5) is 0 Å². The second kappa shape index (κ2) is 9.39. The number of nitrogens with zero attached hydrogens (tertiary/aromatic N) is 1. The van der Waals surface area contributed by atoms with Crippen molar-refractivity contribution >= 4 is 5.91 Å². The Labute approximate surface area is 115 Å². The lowest BCUT2D eigenvalue weighted by atomic mass is 10.3. The van der Waals surface area contributed by atoms with Crippen molar-refractivity contribution in [3.05, 3.63) is 30.3 Å². The summed E-state index contributed by atoms with van der Waals surface area (Å²) in [4.78, 5) is 13.6. The second-order valence-electron chi connectivity index (χ2n) is 4.77. The summed E-state index contributed by atoms with van der Waals surface area (Å²) in [5.41, 5.74) is 0. The number of ether oxygens (including phenoxy) is 1. The van der Waals surface area contributed by atoms with Crippen LogP contribution in [0.1, 0.15) is 19.3 Å². The molecule has 4 heteroatoms. The summed E-state index contributed by atoms with van der Waals surface area (Å²) in [6.07, 6.45) is 2.25. The summed E-state index contributed by atoms with van der Waals surface area (Å²) in [5.74, 6) is 0.962. The summed E-state index contributed by atoms with van der Waals surface area (Å²) in [7, 11) is 4.06. The number of carbonyl (C=O) groups is 1. The molecule has 0 saturated heterocycles. The fraction of sp³-hybridized carbons (Fsp3) is 0.533. The molecule has 1 aromatic rings. The first kappa shape index (κ1) is 15.5.